The number of alkyl halides is 3. The minimum Gasteiger partial charge on any atom is -0.492 e. The van der Waals surface area contributed by atoms with Gasteiger partial charge < -0.3 is 34.3 Å². The highest BCUT2D eigenvalue weighted by Crippen LogP contribution is 2.30. The van der Waals surface area contributed by atoms with Crippen LogP contribution in [0, 0.1) is 0 Å². The van der Waals surface area contributed by atoms with Gasteiger partial charge in [-0.25, -0.2) is 9.59 Å². The highest BCUT2D eigenvalue weighted by atomic mass is 19.4. The van der Waals surface area contributed by atoms with Crippen molar-refractivity contribution in [3.8, 4) is 11.5 Å². The maximum Gasteiger partial charge on any atom is 0.573 e. The Bertz CT molecular complexity index is 1040. The molecule has 2 aromatic carbocycles. The molecule has 1 atom stereocenters. The van der Waals surface area contributed by atoms with Gasteiger partial charge in [0.1, 0.15) is 12.4 Å². The van der Waals surface area contributed by atoms with Crippen LogP contribution in [0.3, 0.4) is 0 Å². The number of nitrogens with zero attached hydrogens (tertiary/aromatic N) is 1. The fraction of sp³-hybridized carbons (Fsp3) is 0.500. The van der Waals surface area contributed by atoms with Crippen molar-refractivity contribution in [1.82, 2.24) is 4.90 Å². The van der Waals surface area contributed by atoms with Gasteiger partial charge in [-0.1, -0.05) is 44.0 Å². The lowest BCUT2D eigenvalue weighted by Gasteiger charge is -2.24. The number of ether oxygens (including phenoxy) is 4. The van der Waals surface area contributed by atoms with Crippen molar-refractivity contribution in [2.24, 2.45) is 0 Å². The van der Waals surface area contributed by atoms with E-state index in [4.69, 9.17) is 14.2 Å². The van der Waals surface area contributed by atoms with Gasteiger partial charge in [0.25, 0.3) is 0 Å². The lowest BCUT2D eigenvalue weighted by molar-refractivity contribution is -0.274. The molecule has 0 heterocycles. The van der Waals surface area contributed by atoms with Gasteiger partial charge in [-0.15, -0.1) is 13.2 Å². The normalized spacial score (nSPS) is 12.0. The van der Waals surface area contributed by atoms with Crippen LogP contribution >= 0.6 is 0 Å². The van der Waals surface area contributed by atoms with Crippen LogP contribution in [0.4, 0.5) is 23.7 Å². The Kier molecular flexibility index (Phi) is 14.1. The molecule has 0 aliphatic rings. The predicted octanol–water partition coefficient (Wildman–Crippen LogP) is 5.74. The van der Waals surface area contributed by atoms with E-state index in [0.717, 1.165) is 30.9 Å². The first-order valence-electron chi connectivity index (χ1n) is 13.2. The molecule has 2 amide bonds. The average Bonchev–Trinajstić information content (AvgIpc) is 2.90. The molecular formula is C28H37F3N2O7. The van der Waals surface area contributed by atoms with Gasteiger partial charge in [0.15, 0.2) is 11.9 Å². The molecule has 40 heavy (non-hydrogen) atoms. The van der Waals surface area contributed by atoms with E-state index in [9.17, 15) is 27.9 Å². The van der Waals surface area contributed by atoms with E-state index < -0.39 is 30.2 Å². The van der Waals surface area contributed by atoms with Crippen LogP contribution in [0.1, 0.15) is 38.7 Å². The number of anilines is 1. The molecule has 222 valence electrons. The van der Waals surface area contributed by atoms with Crippen molar-refractivity contribution in [3.05, 3.63) is 54.1 Å². The van der Waals surface area contributed by atoms with E-state index in [1.54, 1.807) is 31.2 Å². The number of nitrogens with one attached hydrogen (secondary N) is 1. The zero-order chi connectivity index (χ0) is 29.4. The van der Waals surface area contributed by atoms with Crippen molar-refractivity contribution in [2.45, 2.75) is 52.0 Å². The highest BCUT2D eigenvalue weighted by Gasteiger charge is 2.32. The number of carbonyl (C=O) groups excluding carboxylic acids is 1. The molecule has 12 heteroatoms. The number of aliphatic carboxylic acids is 1. The van der Waals surface area contributed by atoms with Crippen molar-refractivity contribution in [2.75, 3.05) is 44.8 Å². The number of para-hydroxylation sites is 2. The number of hydrogen-bond acceptors (Lipinski definition) is 6. The summed E-state index contributed by atoms with van der Waals surface area (Å²) in [5, 5.41) is 11.7. The highest BCUT2D eigenvalue weighted by molar-refractivity contribution is 5.91. The third-order valence-electron chi connectivity index (χ3n) is 5.66. The standard InChI is InChI=1S/C28H37F3N2O7/c1-3-5-8-17-37-18-15-33(27(36)32-23-9-6-7-10-24(23)40-28(29,30)31)16-19-39-22-13-11-21(12-14-22)20-25(26(34)35)38-4-2/h6-7,9-14,25H,3-5,8,15-20H2,1-2H3,(H,32,36)(H,34,35). The second kappa shape index (κ2) is 17.2. The van der Waals surface area contributed by atoms with Crippen LogP contribution in [-0.4, -0.2) is 74.0 Å². The van der Waals surface area contributed by atoms with E-state index in [0.29, 0.717) is 12.4 Å². The van der Waals surface area contributed by atoms with E-state index in [1.807, 2.05) is 0 Å². The summed E-state index contributed by atoms with van der Waals surface area (Å²) in [5.41, 5.74) is 0.635. The summed E-state index contributed by atoms with van der Waals surface area (Å²) in [6.45, 7) is 5.29. The topological polar surface area (TPSA) is 107 Å². The number of carbonyl (C=O) groups is 2. The zero-order valence-corrected chi connectivity index (χ0v) is 22.7. The van der Waals surface area contributed by atoms with Crippen molar-refractivity contribution in [3.63, 3.8) is 0 Å². The van der Waals surface area contributed by atoms with Gasteiger partial charge in [-0.3, -0.25) is 0 Å². The molecule has 9 nitrogen and oxygen atoms in total. The smallest absolute Gasteiger partial charge is 0.492 e. The Morgan fingerprint density at radius 2 is 1.68 bits per heavy atom. The van der Waals surface area contributed by atoms with Crippen LogP contribution in [-0.2, 0) is 20.7 Å². The Morgan fingerprint density at radius 1 is 0.975 bits per heavy atom. The third-order valence-corrected chi connectivity index (χ3v) is 5.66. The molecule has 2 aromatic rings. The Hall–Kier alpha value is -3.51. The summed E-state index contributed by atoms with van der Waals surface area (Å²) in [6.07, 6.45) is -2.69. The molecular weight excluding hydrogens is 533 g/mol. The average molecular weight is 571 g/mol. The number of amides is 2. The lowest BCUT2D eigenvalue weighted by atomic mass is 10.1. The molecule has 2 N–H and O–H groups in total. The number of rotatable bonds is 18. The predicted molar refractivity (Wildman–Crippen MR) is 143 cm³/mol. The fourth-order valence-corrected chi connectivity index (χ4v) is 3.65. The fourth-order valence-electron chi connectivity index (χ4n) is 3.65. The summed E-state index contributed by atoms with van der Waals surface area (Å²) in [7, 11) is 0. The Balaban J connectivity index is 1.99. The number of carboxylic acids is 1. The summed E-state index contributed by atoms with van der Waals surface area (Å²) in [4.78, 5) is 25.7. The molecule has 1 unspecified atom stereocenters. The summed E-state index contributed by atoms with van der Waals surface area (Å²) < 4.78 is 59.0. The molecule has 0 aromatic heterocycles. The molecule has 0 aliphatic heterocycles. The Labute approximate surface area is 232 Å². The van der Waals surface area contributed by atoms with Crippen LogP contribution in [0.2, 0.25) is 0 Å². The van der Waals surface area contributed by atoms with Crippen LogP contribution in [0.15, 0.2) is 48.5 Å². The summed E-state index contributed by atoms with van der Waals surface area (Å²) >= 11 is 0. The second-order valence-electron chi connectivity index (χ2n) is 8.76. The number of urea groups is 1. The van der Waals surface area contributed by atoms with E-state index in [1.165, 1.54) is 23.1 Å². The van der Waals surface area contributed by atoms with Gasteiger partial charge in [0.2, 0.25) is 0 Å². The van der Waals surface area contributed by atoms with Crippen molar-refractivity contribution < 1.29 is 46.8 Å². The van der Waals surface area contributed by atoms with Gasteiger partial charge in [-0.2, -0.15) is 0 Å². The monoisotopic (exact) mass is 570 g/mol. The number of carboxylic acid groups (broad SMARTS) is 1. The van der Waals surface area contributed by atoms with Crippen molar-refractivity contribution in [1.29, 1.82) is 0 Å². The molecule has 0 saturated carbocycles. The van der Waals surface area contributed by atoms with Crippen molar-refractivity contribution >= 4 is 17.7 Å². The van der Waals surface area contributed by atoms with Gasteiger partial charge in [-0.05, 0) is 43.2 Å². The lowest BCUT2D eigenvalue weighted by Crippen LogP contribution is -2.40. The molecule has 0 radical (unpaired) electrons. The van der Waals surface area contributed by atoms with Gasteiger partial charge in [0, 0.05) is 26.2 Å². The van der Waals surface area contributed by atoms with Crippen LogP contribution in [0.5, 0.6) is 11.5 Å². The first-order valence-corrected chi connectivity index (χ1v) is 13.2. The Morgan fingerprint density at radius 3 is 2.33 bits per heavy atom. The summed E-state index contributed by atoms with van der Waals surface area (Å²) in [6, 6.07) is 11.5. The molecule has 0 spiro atoms. The minimum absolute atomic E-state index is 0.0972. The van der Waals surface area contributed by atoms with Crippen LogP contribution < -0.4 is 14.8 Å². The largest absolute Gasteiger partial charge is 0.573 e. The molecule has 0 fully saturated rings. The number of halogens is 3. The maximum atomic E-state index is 13.0. The first kappa shape index (κ1) is 32.7. The SMILES string of the molecule is CCCCCOCCN(CCOc1ccc(CC(OCC)C(=O)O)cc1)C(=O)Nc1ccccc1OC(F)(F)F. The molecule has 2 rings (SSSR count). The number of benzene rings is 2. The summed E-state index contributed by atoms with van der Waals surface area (Å²) in [5.74, 6) is -1.06. The van der Waals surface area contributed by atoms with E-state index in [-0.39, 0.29) is 45.0 Å². The third kappa shape index (κ3) is 12.6. The molecule has 0 bridgehead atoms. The minimum atomic E-state index is -4.91. The zero-order valence-electron chi connectivity index (χ0n) is 22.7. The van der Waals surface area contributed by atoms with Gasteiger partial charge in [0.05, 0.1) is 18.8 Å². The van der Waals surface area contributed by atoms with E-state index in [2.05, 4.69) is 17.0 Å². The maximum absolute atomic E-state index is 13.0. The molecule has 0 aliphatic carbocycles. The molecule has 0 saturated heterocycles. The second-order valence-corrected chi connectivity index (χ2v) is 8.76. The first-order chi connectivity index (χ1) is 19.1. The van der Waals surface area contributed by atoms with Crippen LogP contribution in [0.25, 0.3) is 0 Å². The number of hydrogen-bond donors (Lipinski definition) is 2. The van der Waals surface area contributed by atoms with E-state index >= 15 is 0 Å². The number of unbranched alkanes of at least 4 members (excludes halogenated alkanes) is 2. The quantitative estimate of drug-likeness (QED) is 0.220. The van der Waals surface area contributed by atoms with Gasteiger partial charge >= 0.3 is 18.4 Å².